The van der Waals surface area contributed by atoms with E-state index >= 15 is 0 Å². The van der Waals surface area contributed by atoms with Crippen molar-refractivity contribution < 1.29 is 9.47 Å². The molecule has 1 aromatic heterocycles. The van der Waals surface area contributed by atoms with Crippen LogP contribution < -0.4 is 5.73 Å². The first-order valence-electron chi connectivity index (χ1n) is 6.03. The highest BCUT2D eigenvalue weighted by Gasteiger charge is 2.10. The number of methoxy groups -OCH3 is 1. The number of rotatable bonds is 10. The molecule has 0 aromatic carbocycles. The van der Waals surface area contributed by atoms with Gasteiger partial charge in [0.2, 0.25) is 0 Å². The monoisotopic (exact) mass is 290 g/mol. The number of ether oxygens (including phenoxy) is 2. The van der Waals surface area contributed by atoms with Gasteiger partial charge >= 0.3 is 0 Å². The highest BCUT2D eigenvalue weighted by molar-refractivity contribution is 7.98. The number of aromatic nitrogens is 1. The van der Waals surface area contributed by atoms with Crippen LogP contribution in [0, 0.1) is 0 Å². The number of nitrogens with zero attached hydrogens (tertiary/aromatic N) is 1. The molecule has 1 heterocycles. The van der Waals surface area contributed by atoms with Gasteiger partial charge in [-0.25, -0.2) is 4.98 Å². The zero-order chi connectivity index (χ0) is 13.2. The Balaban J connectivity index is 2.25. The van der Waals surface area contributed by atoms with E-state index in [1.54, 1.807) is 18.4 Å². The second-order valence-corrected chi connectivity index (χ2v) is 5.84. The van der Waals surface area contributed by atoms with Crippen LogP contribution in [0.3, 0.4) is 0 Å². The van der Waals surface area contributed by atoms with Gasteiger partial charge in [0.25, 0.3) is 0 Å². The second kappa shape index (κ2) is 9.75. The molecule has 18 heavy (non-hydrogen) atoms. The molecule has 0 radical (unpaired) electrons. The average Bonchev–Trinajstić information content (AvgIpc) is 2.84. The maximum atomic E-state index is 6.07. The number of nitrogens with two attached hydrogens (primary N) is 1. The van der Waals surface area contributed by atoms with Gasteiger partial charge in [-0.1, -0.05) is 0 Å². The van der Waals surface area contributed by atoms with Crippen LogP contribution in [0.15, 0.2) is 5.38 Å². The molecule has 1 rings (SSSR count). The molecule has 0 aliphatic rings. The smallest absolute Gasteiger partial charge is 0.0951 e. The lowest BCUT2D eigenvalue weighted by molar-refractivity contribution is 0.0722. The van der Waals surface area contributed by atoms with Gasteiger partial charge in [0.05, 0.1) is 30.5 Å². The zero-order valence-corrected chi connectivity index (χ0v) is 12.7. The van der Waals surface area contributed by atoms with Crippen molar-refractivity contribution in [1.82, 2.24) is 4.98 Å². The third-order valence-electron chi connectivity index (χ3n) is 2.47. The van der Waals surface area contributed by atoms with Crippen molar-refractivity contribution in [2.75, 3.05) is 38.9 Å². The van der Waals surface area contributed by atoms with Crippen LogP contribution >= 0.6 is 23.1 Å². The first-order chi connectivity index (χ1) is 8.77. The summed E-state index contributed by atoms with van der Waals surface area (Å²) in [7, 11) is 1.67. The lowest BCUT2D eigenvalue weighted by atomic mass is 10.2. The fraction of sp³-hybridized carbons (Fsp3) is 0.750. The van der Waals surface area contributed by atoms with Crippen LogP contribution in [0.1, 0.15) is 23.2 Å². The van der Waals surface area contributed by atoms with Crippen molar-refractivity contribution in [3.05, 3.63) is 16.1 Å². The van der Waals surface area contributed by atoms with Gasteiger partial charge in [-0.3, -0.25) is 0 Å². The van der Waals surface area contributed by atoms with Crippen LogP contribution in [0.5, 0.6) is 0 Å². The van der Waals surface area contributed by atoms with E-state index in [2.05, 4.69) is 16.6 Å². The van der Waals surface area contributed by atoms with Gasteiger partial charge in [-0.2, -0.15) is 11.8 Å². The van der Waals surface area contributed by atoms with Crippen molar-refractivity contribution in [2.24, 2.45) is 5.73 Å². The Hall–Kier alpha value is -0.140. The van der Waals surface area contributed by atoms with E-state index in [9.17, 15) is 0 Å². The molecular formula is C12H22N2O2S2. The molecule has 0 saturated carbocycles. The lowest BCUT2D eigenvalue weighted by Crippen LogP contribution is -2.12. The van der Waals surface area contributed by atoms with Gasteiger partial charge in [0.15, 0.2) is 0 Å². The Labute approximate surface area is 117 Å². The van der Waals surface area contributed by atoms with E-state index in [1.807, 2.05) is 11.8 Å². The molecule has 1 unspecified atom stereocenters. The van der Waals surface area contributed by atoms with Crippen LogP contribution in [0.2, 0.25) is 0 Å². The number of thioether (sulfide) groups is 1. The van der Waals surface area contributed by atoms with Gasteiger partial charge < -0.3 is 15.2 Å². The maximum absolute atomic E-state index is 6.07. The third-order valence-corrected chi connectivity index (χ3v) is 4.05. The van der Waals surface area contributed by atoms with Crippen molar-refractivity contribution in [1.29, 1.82) is 0 Å². The van der Waals surface area contributed by atoms with Crippen molar-refractivity contribution in [3.8, 4) is 0 Å². The van der Waals surface area contributed by atoms with Crippen LogP contribution in [-0.4, -0.2) is 43.9 Å². The standard InChI is InChI=1S/C12H22N2O2S2/c1-15-6-7-16-5-3-12-14-11(9-18-12)10(13)4-8-17-2/h9-10H,3-8,13H2,1-2H3. The summed E-state index contributed by atoms with van der Waals surface area (Å²) in [6, 6.07) is 0.0665. The summed E-state index contributed by atoms with van der Waals surface area (Å²) in [5.41, 5.74) is 7.09. The number of hydrogen-bond acceptors (Lipinski definition) is 6. The maximum Gasteiger partial charge on any atom is 0.0951 e. The molecule has 0 aliphatic heterocycles. The highest BCUT2D eigenvalue weighted by Crippen LogP contribution is 2.19. The SMILES string of the molecule is COCCOCCc1nc(C(N)CCSC)cs1. The first kappa shape index (κ1) is 15.9. The molecule has 1 atom stereocenters. The zero-order valence-electron chi connectivity index (χ0n) is 11.1. The average molecular weight is 290 g/mol. The summed E-state index contributed by atoms with van der Waals surface area (Å²) in [6.45, 7) is 1.97. The topological polar surface area (TPSA) is 57.4 Å². The van der Waals surface area contributed by atoms with E-state index in [0.29, 0.717) is 19.8 Å². The first-order valence-corrected chi connectivity index (χ1v) is 8.30. The Morgan fingerprint density at radius 3 is 3.00 bits per heavy atom. The normalized spacial score (nSPS) is 12.8. The molecule has 6 heteroatoms. The molecule has 0 spiro atoms. The predicted octanol–water partition coefficient (Wildman–Crippen LogP) is 2.10. The summed E-state index contributed by atoms with van der Waals surface area (Å²) in [6.07, 6.45) is 3.93. The molecule has 0 fully saturated rings. The summed E-state index contributed by atoms with van der Waals surface area (Å²) in [4.78, 5) is 4.55. The van der Waals surface area contributed by atoms with E-state index in [-0.39, 0.29) is 6.04 Å². The van der Waals surface area contributed by atoms with Crippen LogP contribution in [0.25, 0.3) is 0 Å². The molecule has 4 nitrogen and oxygen atoms in total. The van der Waals surface area contributed by atoms with Gasteiger partial charge in [0, 0.05) is 25.0 Å². The van der Waals surface area contributed by atoms with Crippen molar-refractivity contribution >= 4 is 23.1 Å². The second-order valence-electron chi connectivity index (χ2n) is 3.91. The summed E-state index contributed by atoms with van der Waals surface area (Å²) in [5, 5.41) is 3.16. The molecule has 2 N–H and O–H groups in total. The van der Waals surface area contributed by atoms with Crippen LogP contribution in [0.4, 0.5) is 0 Å². The fourth-order valence-electron chi connectivity index (χ4n) is 1.41. The quantitative estimate of drug-likeness (QED) is 0.669. The van der Waals surface area contributed by atoms with E-state index < -0.39 is 0 Å². The largest absolute Gasteiger partial charge is 0.382 e. The van der Waals surface area contributed by atoms with E-state index in [4.69, 9.17) is 15.2 Å². The van der Waals surface area contributed by atoms with E-state index in [1.165, 1.54) is 0 Å². The van der Waals surface area contributed by atoms with Gasteiger partial charge in [0.1, 0.15) is 0 Å². The molecular weight excluding hydrogens is 268 g/mol. The Morgan fingerprint density at radius 2 is 2.28 bits per heavy atom. The summed E-state index contributed by atoms with van der Waals surface area (Å²) in [5.74, 6) is 1.08. The highest BCUT2D eigenvalue weighted by atomic mass is 32.2. The molecule has 0 amide bonds. The van der Waals surface area contributed by atoms with Crippen LogP contribution in [-0.2, 0) is 15.9 Å². The molecule has 104 valence electrons. The number of hydrogen-bond donors (Lipinski definition) is 1. The van der Waals surface area contributed by atoms with Gasteiger partial charge in [-0.05, 0) is 18.4 Å². The lowest BCUT2D eigenvalue weighted by Gasteiger charge is -2.06. The minimum absolute atomic E-state index is 0.0665. The van der Waals surface area contributed by atoms with E-state index in [0.717, 1.165) is 29.3 Å². The minimum atomic E-state index is 0.0665. The fourth-order valence-corrected chi connectivity index (χ4v) is 2.74. The Bertz CT molecular complexity index is 321. The third kappa shape index (κ3) is 6.15. The number of thiazole rings is 1. The van der Waals surface area contributed by atoms with Crippen molar-refractivity contribution in [3.63, 3.8) is 0 Å². The minimum Gasteiger partial charge on any atom is -0.382 e. The predicted molar refractivity (Wildman–Crippen MR) is 78.4 cm³/mol. The molecule has 1 aromatic rings. The molecule has 0 aliphatic carbocycles. The molecule has 0 bridgehead atoms. The molecule has 0 saturated heterocycles. The summed E-state index contributed by atoms with van der Waals surface area (Å²) < 4.78 is 10.3. The summed E-state index contributed by atoms with van der Waals surface area (Å²) >= 11 is 3.48. The van der Waals surface area contributed by atoms with Crippen molar-refractivity contribution in [2.45, 2.75) is 18.9 Å². The van der Waals surface area contributed by atoms with Gasteiger partial charge in [-0.15, -0.1) is 11.3 Å². The Morgan fingerprint density at radius 1 is 1.44 bits per heavy atom. The Kier molecular flexibility index (Phi) is 8.62.